The van der Waals surface area contributed by atoms with Crippen LogP contribution in [0.1, 0.15) is 6.92 Å². The molecular formula is C9H11F3O2. The molecule has 0 aliphatic rings. The first-order valence-electron chi connectivity index (χ1n) is 3.87. The van der Waals surface area contributed by atoms with Gasteiger partial charge in [-0.05, 0) is 19.1 Å². The van der Waals surface area contributed by atoms with Gasteiger partial charge in [0.1, 0.15) is 0 Å². The second-order valence-corrected chi connectivity index (χ2v) is 2.57. The lowest BCUT2D eigenvalue weighted by Gasteiger charge is -1.90. The van der Waals surface area contributed by atoms with Crippen LogP contribution < -0.4 is 0 Å². The molecule has 0 aliphatic carbocycles. The Bertz CT molecular complexity index is 257. The van der Waals surface area contributed by atoms with Crippen LogP contribution in [0.3, 0.4) is 0 Å². The zero-order valence-electron chi connectivity index (χ0n) is 7.54. The van der Waals surface area contributed by atoms with Crippen molar-refractivity contribution < 1.29 is 23.4 Å². The fourth-order valence-corrected chi connectivity index (χ4v) is 0.477. The van der Waals surface area contributed by atoms with E-state index in [0.717, 1.165) is 18.2 Å². The van der Waals surface area contributed by atoms with Crippen LogP contribution in [-0.4, -0.2) is 22.9 Å². The summed E-state index contributed by atoms with van der Waals surface area (Å²) >= 11 is 0. The van der Waals surface area contributed by atoms with Crippen molar-refractivity contribution in [3.8, 4) is 0 Å². The van der Waals surface area contributed by atoms with E-state index in [4.69, 9.17) is 10.2 Å². The molecule has 2 N–H and O–H groups in total. The van der Waals surface area contributed by atoms with Crippen LogP contribution in [0.2, 0.25) is 0 Å². The van der Waals surface area contributed by atoms with E-state index < -0.39 is 23.6 Å². The molecule has 14 heavy (non-hydrogen) atoms. The number of halogens is 3. The zero-order chi connectivity index (χ0) is 11.1. The summed E-state index contributed by atoms with van der Waals surface area (Å²) in [5, 5.41) is 16.0. The standard InChI is InChI=1S/C6H3F3.C3H8O2/c7-4-2-1-3-5(8)6(4)9;1-3(5)2-4/h1-3H;3-5H,2H2,1H3. The number of hydrogen-bond acceptors (Lipinski definition) is 2. The molecule has 1 aromatic rings. The molecule has 2 nitrogen and oxygen atoms in total. The third-order valence-electron chi connectivity index (χ3n) is 1.17. The fourth-order valence-electron chi connectivity index (χ4n) is 0.477. The van der Waals surface area contributed by atoms with Crippen LogP contribution in [0.5, 0.6) is 0 Å². The largest absolute Gasteiger partial charge is 0.394 e. The van der Waals surface area contributed by atoms with Gasteiger partial charge in [0.25, 0.3) is 0 Å². The lowest BCUT2D eigenvalue weighted by molar-refractivity contribution is 0.110. The first-order chi connectivity index (χ1) is 6.49. The van der Waals surface area contributed by atoms with Gasteiger partial charge >= 0.3 is 0 Å². The molecule has 0 saturated carbocycles. The Morgan fingerprint density at radius 1 is 1.21 bits per heavy atom. The predicted molar refractivity (Wildman–Crippen MR) is 45.1 cm³/mol. The van der Waals surface area contributed by atoms with Gasteiger partial charge in [-0.1, -0.05) is 6.07 Å². The van der Waals surface area contributed by atoms with Gasteiger partial charge < -0.3 is 10.2 Å². The van der Waals surface area contributed by atoms with E-state index >= 15 is 0 Å². The number of aliphatic hydroxyl groups is 2. The van der Waals surface area contributed by atoms with E-state index in [-0.39, 0.29) is 6.61 Å². The summed E-state index contributed by atoms with van der Waals surface area (Å²) < 4.78 is 35.9. The molecule has 0 saturated heterocycles. The number of hydrogen-bond donors (Lipinski definition) is 2. The minimum Gasteiger partial charge on any atom is -0.394 e. The van der Waals surface area contributed by atoms with Crippen molar-refractivity contribution in [2.75, 3.05) is 6.61 Å². The molecule has 1 rings (SSSR count). The predicted octanol–water partition coefficient (Wildman–Crippen LogP) is 1.46. The van der Waals surface area contributed by atoms with Crippen molar-refractivity contribution in [1.82, 2.24) is 0 Å². The number of benzene rings is 1. The lowest BCUT2D eigenvalue weighted by Crippen LogP contribution is -2.03. The lowest BCUT2D eigenvalue weighted by atomic mass is 10.3. The maximum atomic E-state index is 12.0. The maximum Gasteiger partial charge on any atom is 0.194 e. The Balaban J connectivity index is 0.000000292. The third kappa shape index (κ3) is 4.84. The summed E-state index contributed by atoms with van der Waals surface area (Å²) in [6.07, 6.45) is -0.560. The van der Waals surface area contributed by atoms with E-state index in [1.807, 2.05) is 0 Å². The first kappa shape index (κ1) is 12.9. The Morgan fingerprint density at radius 2 is 1.57 bits per heavy atom. The molecule has 0 heterocycles. The molecule has 5 heteroatoms. The van der Waals surface area contributed by atoms with Crippen molar-refractivity contribution in [2.24, 2.45) is 0 Å². The molecule has 0 fully saturated rings. The van der Waals surface area contributed by atoms with Gasteiger partial charge in [0.2, 0.25) is 0 Å². The summed E-state index contributed by atoms with van der Waals surface area (Å²) in [6.45, 7) is 1.39. The Labute approximate surface area is 79.6 Å². The summed E-state index contributed by atoms with van der Waals surface area (Å²) in [5.41, 5.74) is 0. The topological polar surface area (TPSA) is 40.5 Å². The normalized spacial score (nSPS) is 11.6. The van der Waals surface area contributed by atoms with Crippen molar-refractivity contribution in [1.29, 1.82) is 0 Å². The minimum atomic E-state index is -1.42. The molecule has 0 aliphatic heterocycles. The second kappa shape index (κ2) is 6.39. The Hall–Kier alpha value is -1.07. The fraction of sp³-hybridized carbons (Fsp3) is 0.333. The second-order valence-electron chi connectivity index (χ2n) is 2.57. The smallest absolute Gasteiger partial charge is 0.194 e. The van der Waals surface area contributed by atoms with Crippen LogP contribution in [0.15, 0.2) is 18.2 Å². The van der Waals surface area contributed by atoms with Gasteiger partial charge in [0, 0.05) is 0 Å². The van der Waals surface area contributed by atoms with Crippen molar-refractivity contribution in [2.45, 2.75) is 13.0 Å². The molecule has 0 spiro atoms. The summed E-state index contributed by atoms with van der Waals surface area (Å²) in [6, 6.07) is 2.82. The molecule has 0 amide bonds. The highest BCUT2D eigenvalue weighted by Crippen LogP contribution is 2.07. The molecule has 80 valence electrons. The van der Waals surface area contributed by atoms with Gasteiger partial charge in [-0.15, -0.1) is 0 Å². The molecule has 0 aromatic heterocycles. The molecule has 1 unspecified atom stereocenters. The van der Waals surface area contributed by atoms with Gasteiger partial charge in [-0.3, -0.25) is 0 Å². The highest BCUT2D eigenvalue weighted by molar-refractivity contribution is 5.07. The van der Waals surface area contributed by atoms with Crippen molar-refractivity contribution >= 4 is 0 Å². The van der Waals surface area contributed by atoms with Gasteiger partial charge in [0.15, 0.2) is 17.5 Å². The van der Waals surface area contributed by atoms with Crippen LogP contribution >= 0.6 is 0 Å². The zero-order valence-corrected chi connectivity index (χ0v) is 7.54. The average molecular weight is 208 g/mol. The van der Waals surface area contributed by atoms with E-state index in [9.17, 15) is 13.2 Å². The molecule has 1 aromatic carbocycles. The van der Waals surface area contributed by atoms with Gasteiger partial charge in [0.05, 0.1) is 12.7 Å². The van der Waals surface area contributed by atoms with Crippen LogP contribution in [0.4, 0.5) is 13.2 Å². The first-order valence-corrected chi connectivity index (χ1v) is 3.87. The highest BCUT2D eigenvalue weighted by atomic mass is 19.2. The third-order valence-corrected chi connectivity index (χ3v) is 1.17. The van der Waals surface area contributed by atoms with E-state index in [0.29, 0.717) is 0 Å². The maximum absolute atomic E-state index is 12.0. The van der Waals surface area contributed by atoms with Crippen LogP contribution in [0, 0.1) is 17.5 Å². The Kier molecular flexibility index (Phi) is 5.91. The SMILES string of the molecule is CC(O)CO.Fc1cccc(F)c1F. The molecular weight excluding hydrogens is 197 g/mol. The molecule has 0 bridgehead atoms. The number of aliphatic hydroxyl groups excluding tert-OH is 2. The van der Waals surface area contributed by atoms with Crippen molar-refractivity contribution in [3.05, 3.63) is 35.7 Å². The summed E-state index contributed by atoms with van der Waals surface area (Å²) in [4.78, 5) is 0. The highest BCUT2D eigenvalue weighted by Gasteiger charge is 2.04. The van der Waals surface area contributed by atoms with Crippen molar-refractivity contribution in [3.63, 3.8) is 0 Å². The van der Waals surface area contributed by atoms with E-state index in [1.54, 1.807) is 0 Å². The monoisotopic (exact) mass is 208 g/mol. The van der Waals surface area contributed by atoms with E-state index in [2.05, 4.69) is 0 Å². The van der Waals surface area contributed by atoms with Gasteiger partial charge in [-0.25, -0.2) is 13.2 Å². The Morgan fingerprint density at radius 3 is 1.79 bits per heavy atom. The summed E-state index contributed by atoms with van der Waals surface area (Å²) in [7, 11) is 0. The summed E-state index contributed by atoms with van der Waals surface area (Å²) in [5.74, 6) is -3.73. The molecule has 0 radical (unpaired) electrons. The van der Waals surface area contributed by atoms with Gasteiger partial charge in [-0.2, -0.15) is 0 Å². The quantitative estimate of drug-likeness (QED) is 0.686. The van der Waals surface area contributed by atoms with E-state index in [1.165, 1.54) is 6.92 Å². The molecule has 1 atom stereocenters. The average Bonchev–Trinajstić information content (AvgIpc) is 2.15. The minimum absolute atomic E-state index is 0.139. The van der Waals surface area contributed by atoms with Crippen LogP contribution in [0.25, 0.3) is 0 Å². The van der Waals surface area contributed by atoms with Crippen LogP contribution in [-0.2, 0) is 0 Å². The number of rotatable bonds is 1.